The van der Waals surface area contributed by atoms with E-state index in [-0.39, 0.29) is 29.5 Å². The van der Waals surface area contributed by atoms with E-state index in [1.807, 2.05) is 0 Å². The van der Waals surface area contributed by atoms with Crippen LogP contribution in [-0.2, 0) is 9.47 Å². The summed E-state index contributed by atoms with van der Waals surface area (Å²) < 4.78 is 12.1. The van der Waals surface area contributed by atoms with Gasteiger partial charge in [-0.1, -0.05) is 181 Å². The Balaban J connectivity index is 0. The number of quaternary nitrogens is 1. The van der Waals surface area contributed by atoms with E-state index in [0.717, 1.165) is 38.8 Å². The third-order valence-electron chi connectivity index (χ3n) is 8.51. The molecule has 0 aromatic carbocycles. The number of unbranched alkanes of at least 4 members (excludes halogenated alkanes) is 25. The molecule has 0 aliphatic heterocycles. The lowest BCUT2D eigenvalue weighted by molar-refractivity contribution is -0.570. The van der Waals surface area contributed by atoms with Gasteiger partial charge in [0, 0.05) is 0 Å². The summed E-state index contributed by atoms with van der Waals surface area (Å²) >= 11 is 0. The molecule has 0 saturated heterocycles. The Morgan fingerprint density at radius 2 is 0.780 bits per heavy atom. The fourth-order valence-corrected chi connectivity index (χ4v) is 5.78. The van der Waals surface area contributed by atoms with E-state index in [0.29, 0.717) is 0 Å². The normalized spacial score (nSPS) is 12.9. The van der Waals surface area contributed by atoms with Gasteiger partial charge in [-0.2, -0.15) is 0 Å². The van der Waals surface area contributed by atoms with Crippen LogP contribution < -0.4 is 28.4 Å². The minimum atomic E-state index is -0.341. The Kier molecular flexibility index (Phi) is 40.6. The second-order valence-corrected chi connectivity index (χ2v) is 12.6. The summed E-state index contributed by atoms with van der Waals surface area (Å²) in [5.74, 6) is 0. The van der Waals surface area contributed by atoms with Gasteiger partial charge in [0.05, 0.1) is 12.7 Å². The molecular weight excluding hydrogens is 572 g/mol. The van der Waals surface area contributed by atoms with Gasteiger partial charge in [-0.25, -0.2) is 0 Å². The van der Waals surface area contributed by atoms with Gasteiger partial charge >= 0.3 is 6.41 Å². The van der Waals surface area contributed by atoms with Crippen LogP contribution in [0.4, 0.5) is 0 Å². The molecule has 0 bridgehead atoms. The van der Waals surface area contributed by atoms with E-state index in [1.165, 1.54) is 167 Å². The van der Waals surface area contributed by atoms with Crippen LogP contribution in [0.2, 0.25) is 0 Å². The second kappa shape index (κ2) is 38.3. The quantitative estimate of drug-likeness (QED) is 0.0548. The van der Waals surface area contributed by atoms with Crippen LogP contribution in [0.3, 0.4) is 0 Å². The maximum atomic E-state index is 6.19. The lowest BCUT2D eigenvalue weighted by Gasteiger charge is -2.20. The maximum Gasteiger partial charge on any atom is 0.304 e. The average Bonchev–Trinajstić information content (AvgIpc) is 2.96. The molecule has 0 heterocycles. The summed E-state index contributed by atoms with van der Waals surface area (Å²) in [6, 6.07) is 0. The first-order valence-corrected chi connectivity index (χ1v) is 18.5. The largest absolute Gasteiger partial charge is 1.00 e. The van der Waals surface area contributed by atoms with Gasteiger partial charge in [0.25, 0.3) is 0 Å². The van der Waals surface area contributed by atoms with Gasteiger partial charge < -0.3 is 37.9 Å². The highest BCUT2D eigenvalue weighted by atomic mass is 79.9. The van der Waals surface area contributed by atoms with Gasteiger partial charge in [0.1, 0.15) is 0 Å². The van der Waals surface area contributed by atoms with Crippen LogP contribution in [0.1, 0.15) is 206 Å². The molecule has 2 atom stereocenters. The Morgan fingerprint density at radius 1 is 0.463 bits per heavy atom. The maximum absolute atomic E-state index is 6.19. The fourth-order valence-electron chi connectivity index (χ4n) is 5.78. The van der Waals surface area contributed by atoms with Gasteiger partial charge in [-0.15, -0.1) is 0 Å². The molecule has 250 valence electrons. The van der Waals surface area contributed by atoms with Crippen molar-refractivity contribution in [3.63, 3.8) is 0 Å². The van der Waals surface area contributed by atoms with E-state index in [4.69, 9.17) is 15.2 Å². The third kappa shape index (κ3) is 36.4. The standard InChI is InChI=1S/C36H76N2O2.BrH/c1-3-5-7-9-11-13-15-17-19-21-23-25-27-29-34-39-36(38)40-35(32-30-33-37)31-28-26-24-22-20-18-16-14-12-10-8-6-4-2;/h35-36H,3-34,37-38H2,1-2H3;1H. The number of hydrogen-bond donors (Lipinski definition) is 2. The smallest absolute Gasteiger partial charge is 0.304 e. The number of rotatable bonds is 35. The summed E-state index contributed by atoms with van der Waals surface area (Å²) in [4.78, 5) is 0. The van der Waals surface area contributed by atoms with Crippen molar-refractivity contribution in [2.45, 2.75) is 219 Å². The zero-order valence-corrected chi connectivity index (χ0v) is 29.8. The topological polar surface area (TPSA) is 72.1 Å². The van der Waals surface area contributed by atoms with Gasteiger partial charge in [0.15, 0.2) is 0 Å². The lowest BCUT2D eigenvalue weighted by atomic mass is 10.0. The number of ether oxygens (including phenoxy) is 2. The van der Waals surface area contributed by atoms with Crippen molar-refractivity contribution in [2.75, 3.05) is 13.2 Å². The van der Waals surface area contributed by atoms with Crippen LogP contribution in [0.5, 0.6) is 0 Å². The van der Waals surface area contributed by atoms with E-state index in [2.05, 4.69) is 19.6 Å². The van der Waals surface area contributed by atoms with Crippen LogP contribution in [0, 0.1) is 0 Å². The summed E-state index contributed by atoms with van der Waals surface area (Å²) in [6.07, 6.45) is 40.6. The lowest BCUT2D eigenvalue weighted by Crippen LogP contribution is -3.00. The molecule has 4 nitrogen and oxygen atoms in total. The Bertz CT molecular complexity index is 455. The Hall–Kier alpha value is 0.320. The van der Waals surface area contributed by atoms with E-state index >= 15 is 0 Å². The van der Waals surface area contributed by atoms with Gasteiger partial charge in [-0.05, 0) is 32.2 Å². The fraction of sp³-hybridized carbons (Fsp3) is 1.00. The van der Waals surface area contributed by atoms with Crippen molar-refractivity contribution < 1.29 is 32.2 Å². The molecule has 5 heteroatoms. The molecular formula is C36H77BrN2O2. The molecule has 0 rings (SSSR count). The highest BCUT2D eigenvalue weighted by Crippen LogP contribution is 2.17. The number of hydrogen-bond acceptors (Lipinski definition) is 3. The molecule has 0 aliphatic rings. The Labute approximate surface area is 269 Å². The molecule has 0 aromatic heterocycles. The zero-order chi connectivity index (χ0) is 29.2. The van der Waals surface area contributed by atoms with Crippen molar-refractivity contribution in [1.29, 1.82) is 0 Å². The minimum absolute atomic E-state index is 0. The average molecular weight is 650 g/mol. The molecule has 0 spiro atoms. The molecule has 5 N–H and O–H groups in total. The van der Waals surface area contributed by atoms with E-state index < -0.39 is 0 Å². The molecule has 0 saturated carbocycles. The summed E-state index contributed by atoms with van der Waals surface area (Å²) in [7, 11) is 0. The van der Waals surface area contributed by atoms with Crippen molar-refractivity contribution in [1.82, 2.24) is 0 Å². The third-order valence-corrected chi connectivity index (χ3v) is 8.51. The predicted octanol–water partition coefficient (Wildman–Crippen LogP) is 7.62. The van der Waals surface area contributed by atoms with Crippen molar-refractivity contribution >= 4 is 0 Å². The van der Waals surface area contributed by atoms with Crippen molar-refractivity contribution in [2.24, 2.45) is 5.73 Å². The van der Waals surface area contributed by atoms with Crippen molar-refractivity contribution in [3.8, 4) is 0 Å². The van der Waals surface area contributed by atoms with Crippen LogP contribution in [0.25, 0.3) is 0 Å². The van der Waals surface area contributed by atoms with Gasteiger partial charge in [0.2, 0.25) is 0 Å². The minimum Gasteiger partial charge on any atom is -1.00 e. The molecule has 0 amide bonds. The van der Waals surface area contributed by atoms with Gasteiger partial charge in [-0.3, -0.25) is 0 Å². The zero-order valence-electron chi connectivity index (χ0n) is 28.3. The number of halogens is 1. The summed E-state index contributed by atoms with van der Waals surface area (Å²) in [5.41, 5.74) is 9.91. The summed E-state index contributed by atoms with van der Waals surface area (Å²) in [5, 5.41) is 0. The molecule has 0 aliphatic carbocycles. The Morgan fingerprint density at radius 3 is 1.15 bits per heavy atom. The first-order valence-electron chi connectivity index (χ1n) is 18.5. The van der Waals surface area contributed by atoms with Crippen molar-refractivity contribution in [3.05, 3.63) is 0 Å². The van der Waals surface area contributed by atoms with E-state index in [1.54, 1.807) is 0 Å². The predicted molar refractivity (Wildman–Crippen MR) is 176 cm³/mol. The first-order chi connectivity index (χ1) is 19.7. The van der Waals surface area contributed by atoms with Crippen LogP contribution >= 0.6 is 0 Å². The first kappa shape index (κ1) is 43.4. The number of nitrogens with two attached hydrogens (primary N) is 1. The SMILES string of the molecule is CCCCCCCCCCCCCCCCOC([NH3+])OC(CCCN)CCCCCCCCCCCCCCC.[Br-]. The molecule has 0 aromatic rings. The van der Waals surface area contributed by atoms with Crippen LogP contribution in [0.15, 0.2) is 0 Å². The molecule has 2 unspecified atom stereocenters. The summed E-state index contributed by atoms with van der Waals surface area (Å²) in [6.45, 7) is 6.10. The van der Waals surface area contributed by atoms with E-state index in [9.17, 15) is 0 Å². The highest BCUT2D eigenvalue weighted by molar-refractivity contribution is 4.60. The highest BCUT2D eigenvalue weighted by Gasteiger charge is 2.16. The molecule has 41 heavy (non-hydrogen) atoms. The monoisotopic (exact) mass is 649 g/mol. The van der Waals surface area contributed by atoms with Crippen LogP contribution in [-0.4, -0.2) is 25.7 Å². The molecule has 0 fully saturated rings. The molecule has 0 radical (unpaired) electrons. The second-order valence-electron chi connectivity index (χ2n) is 12.6.